The highest BCUT2D eigenvalue weighted by molar-refractivity contribution is 7.52. The van der Waals surface area contributed by atoms with Crippen molar-refractivity contribution in [1.82, 2.24) is 5.32 Å². The second-order valence-electron chi connectivity index (χ2n) is 3.28. The second-order valence-corrected chi connectivity index (χ2v) is 5.42. The molecule has 0 aromatic carbocycles. The van der Waals surface area contributed by atoms with Gasteiger partial charge in [0.15, 0.2) is 0 Å². The molecule has 15 heavy (non-hydrogen) atoms. The molecular formula is C8H17N2O4P. The van der Waals surface area contributed by atoms with Crippen molar-refractivity contribution in [2.45, 2.75) is 32.1 Å². The summed E-state index contributed by atoms with van der Waals surface area (Å²) in [5, 5.41) is 10.8. The molecule has 0 rings (SSSR count). The molecule has 0 spiro atoms. The topological polar surface area (TPSA) is 113 Å². The van der Waals surface area contributed by atoms with Gasteiger partial charge in [-0.05, 0) is 13.8 Å². The number of carbonyl (C=O) groups excluding carboxylic acids is 1. The van der Waals surface area contributed by atoms with Crippen LogP contribution in [0.15, 0.2) is 0 Å². The van der Waals surface area contributed by atoms with E-state index in [-0.39, 0.29) is 18.1 Å². The zero-order valence-corrected chi connectivity index (χ0v) is 9.70. The lowest BCUT2D eigenvalue weighted by Crippen LogP contribution is -2.38. The summed E-state index contributed by atoms with van der Waals surface area (Å²) in [7, 11) is -1.34. The molecule has 0 aliphatic rings. The molecule has 0 heterocycles. The molecular weight excluding hydrogens is 219 g/mol. The van der Waals surface area contributed by atoms with E-state index in [0.717, 1.165) is 0 Å². The third kappa shape index (κ3) is 6.38. The number of hydrogen-bond acceptors (Lipinski definition) is 4. The maximum Gasteiger partial charge on any atom is 0.325 e. The molecule has 0 aromatic heterocycles. The highest BCUT2D eigenvalue weighted by Gasteiger charge is 2.16. The minimum Gasteiger partial charge on any atom is -0.480 e. The molecule has 7 heteroatoms. The van der Waals surface area contributed by atoms with Gasteiger partial charge < -0.3 is 21.1 Å². The number of carboxylic acid groups (broad SMARTS) is 1. The molecule has 3 atom stereocenters. The van der Waals surface area contributed by atoms with Crippen LogP contribution in [0.1, 0.15) is 20.3 Å². The third-order valence-corrected chi connectivity index (χ3v) is 3.41. The van der Waals surface area contributed by atoms with Crippen molar-refractivity contribution >= 4 is 20.0 Å². The van der Waals surface area contributed by atoms with Gasteiger partial charge >= 0.3 is 5.97 Å². The summed E-state index contributed by atoms with van der Waals surface area (Å²) in [6.45, 7) is 3.05. The van der Waals surface area contributed by atoms with Crippen molar-refractivity contribution in [3.8, 4) is 0 Å². The standard InChI is InChI=1S/C8H17N2O4P/c1-5(8(12)13)10-7(11)3-4-15(14)6(2)9/h5-6,14H,3-4,9H2,1-2H3,(H,10,11)(H,12,13). The van der Waals surface area contributed by atoms with E-state index in [0.29, 0.717) is 6.16 Å². The molecule has 5 N–H and O–H groups in total. The number of amides is 1. The zero-order valence-electron chi connectivity index (χ0n) is 8.80. The lowest BCUT2D eigenvalue weighted by Gasteiger charge is -2.14. The number of nitrogens with two attached hydrogens (primary N) is 1. The SMILES string of the molecule is CC(NC(=O)CCP(O)C(C)N)C(=O)O. The average molecular weight is 236 g/mol. The van der Waals surface area contributed by atoms with Crippen molar-refractivity contribution in [3.05, 3.63) is 0 Å². The summed E-state index contributed by atoms with van der Waals surface area (Å²) < 4.78 is 0. The summed E-state index contributed by atoms with van der Waals surface area (Å²) in [4.78, 5) is 30.9. The fourth-order valence-corrected chi connectivity index (χ4v) is 1.63. The Morgan fingerprint density at radius 1 is 1.47 bits per heavy atom. The zero-order chi connectivity index (χ0) is 12.0. The molecule has 0 saturated heterocycles. The van der Waals surface area contributed by atoms with Crippen LogP contribution in [0.5, 0.6) is 0 Å². The number of nitrogens with one attached hydrogen (secondary N) is 1. The van der Waals surface area contributed by atoms with Crippen LogP contribution in [0.2, 0.25) is 0 Å². The summed E-state index contributed by atoms with van der Waals surface area (Å²) in [5.74, 6) is -1.79. The van der Waals surface area contributed by atoms with Crippen LogP contribution < -0.4 is 11.1 Å². The van der Waals surface area contributed by atoms with E-state index in [9.17, 15) is 14.5 Å². The van der Waals surface area contributed by atoms with Crippen molar-refractivity contribution in [2.75, 3.05) is 6.16 Å². The Bertz CT molecular complexity index is 235. The minimum atomic E-state index is -1.34. The number of carboxylic acids is 1. The van der Waals surface area contributed by atoms with Crippen LogP contribution in [0, 0.1) is 0 Å². The van der Waals surface area contributed by atoms with Gasteiger partial charge in [-0.15, -0.1) is 0 Å². The largest absolute Gasteiger partial charge is 0.480 e. The molecule has 0 aromatic rings. The van der Waals surface area contributed by atoms with Gasteiger partial charge in [-0.3, -0.25) is 9.59 Å². The van der Waals surface area contributed by atoms with Crippen LogP contribution in [0.3, 0.4) is 0 Å². The van der Waals surface area contributed by atoms with Crippen molar-refractivity contribution in [3.63, 3.8) is 0 Å². The van der Waals surface area contributed by atoms with Crippen LogP contribution in [-0.4, -0.2) is 39.9 Å². The lowest BCUT2D eigenvalue weighted by atomic mass is 10.3. The van der Waals surface area contributed by atoms with Gasteiger partial charge in [0.1, 0.15) is 6.04 Å². The number of aliphatic carboxylic acids is 1. The number of carbonyl (C=O) groups is 2. The smallest absolute Gasteiger partial charge is 0.325 e. The lowest BCUT2D eigenvalue weighted by molar-refractivity contribution is -0.141. The first-order valence-electron chi connectivity index (χ1n) is 4.58. The summed E-state index contributed by atoms with van der Waals surface area (Å²) in [6, 6.07) is -0.905. The summed E-state index contributed by atoms with van der Waals surface area (Å²) in [5.41, 5.74) is 5.42. The fraction of sp³-hybridized carbons (Fsp3) is 0.750. The highest BCUT2D eigenvalue weighted by atomic mass is 31.1. The average Bonchev–Trinajstić information content (AvgIpc) is 2.13. The van der Waals surface area contributed by atoms with E-state index in [2.05, 4.69) is 5.32 Å². The highest BCUT2D eigenvalue weighted by Crippen LogP contribution is 2.33. The monoisotopic (exact) mass is 236 g/mol. The molecule has 0 saturated carbocycles. The van der Waals surface area contributed by atoms with Gasteiger partial charge in [0.2, 0.25) is 5.91 Å². The summed E-state index contributed by atoms with van der Waals surface area (Å²) >= 11 is 0. The Morgan fingerprint density at radius 2 is 2.00 bits per heavy atom. The Balaban J connectivity index is 3.80. The molecule has 0 aliphatic heterocycles. The van der Waals surface area contributed by atoms with Crippen molar-refractivity contribution in [2.24, 2.45) is 5.73 Å². The minimum absolute atomic E-state index is 0.0986. The fourth-order valence-electron chi connectivity index (χ4n) is 0.795. The van der Waals surface area contributed by atoms with Gasteiger partial charge in [-0.25, -0.2) is 0 Å². The summed E-state index contributed by atoms with van der Waals surface area (Å²) in [6.07, 6.45) is 0.395. The van der Waals surface area contributed by atoms with Gasteiger partial charge in [0.25, 0.3) is 0 Å². The van der Waals surface area contributed by atoms with Gasteiger partial charge in [-0.2, -0.15) is 0 Å². The van der Waals surface area contributed by atoms with Crippen LogP contribution in [0.25, 0.3) is 0 Å². The Labute approximate surface area is 89.7 Å². The maximum absolute atomic E-state index is 11.2. The Morgan fingerprint density at radius 3 is 2.40 bits per heavy atom. The quantitative estimate of drug-likeness (QED) is 0.471. The van der Waals surface area contributed by atoms with E-state index in [1.807, 2.05) is 0 Å². The first-order valence-corrected chi connectivity index (χ1v) is 6.12. The molecule has 1 amide bonds. The van der Waals surface area contributed by atoms with Gasteiger partial charge in [-0.1, -0.05) is 0 Å². The molecule has 0 fully saturated rings. The van der Waals surface area contributed by atoms with E-state index < -0.39 is 20.2 Å². The molecule has 88 valence electrons. The van der Waals surface area contributed by atoms with Crippen molar-refractivity contribution < 1.29 is 19.6 Å². The van der Waals surface area contributed by atoms with E-state index in [4.69, 9.17) is 10.8 Å². The Kier molecular flexibility index (Phi) is 6.40. The van der Waals surface area contributed by atoms with Gasteiger partial charge in [0.05, 0.1) is 0 Å². The van der Waals surface area contributed by atoms with E-state index in [1.54, 1.807) is 6.92 Å². The third-order valence-electron chi connectivity index (χ3n) is 1.79. The normalized spacial score (nSPS) is 16.5. The number of hydrogen-bond donors (Lipinski definition) is 4. The molecule has 0 aliphatic carbocycles. The van der Waals surface area contributed by atoms with Crippen LogP contribution >= 0.6 is 8.15 Å². The first kappa shape index (κ1) is 14.3. The van der Waals surface area contributed by atoms with Crippen LogP contribution in [0.4, 0.5) is 0 Å². The second kappa shape index (κ2) is 6.71. The predicted molar refractivity (Wildman–Crippen MR) is 57.5 cm³/mol. The molecule has 0 radical (unpaired) electrons. The first-order chi connectivity index (χ1) is 6.84. The maximum atomic E-state index is 11.2. The molecule has 3 unspecified atom stereocenters. The predicted octanol–water partition coefficient (Wildman–Crippen LogP) is -0.340. The number of rotatable bonds is 6. The molecule has 6 nitrogen and oxygen atoms in total. The van der Waals surface area contributed by atoms with Gasteiger partial charge in [0, 0.05) is 26.5 Å². The van der Waals surface area contributed by atoms with Crippen molar-refractivity contribution in [1.29, 1.82) is 0 Å². The van der Waals surface area contributed by atoms with E-state index in [1.165, 1.54) is 6.92 Å². The van der Waals surface area contributed by atoms with Crippen LogP contribution in [-0.2, 0) is 9.59 Å². The van der Waals surface area contributed by atoms with E-state index >= 15 is 0 Å². The molecule has 0 bridgehead atoms. The Hall–Kier alpha value is -0.710.